The molecular formula is C15H21ClN2O3. The second-order valence-electron chi connectivity index (χ2n) is 5.52. The van der Waals surface area contributed by atoms with E-state index in [1.165, 1.54) is 25.3 Å². The van der Waals surface area contributed by atoms with E-state index >= 15 is 0 Å². The topological polar surface area (TPSA) is 66.6 Å². The predicted octanol–water partition coefficient (Wildman–Crippen LogP) is 3.38. The number of hydrogen-bond acceptors (Lipinski definition) is 4. The lowest BCUT2D eigenvalue weighted by molar-refractivity contribution is -0.385. The van der Waals surface area contributed by atoms with Crippen LogP contribution in [0.5, 0.6) is 0 Å². The minimum Gasteiger partial charge on any atom is -0.395 e. The average Bonchev–Trinajstić information content (AvgIpc) is 2.49. The molecule has 0 saturated heterocycles. The van der Waals surface area contributed by atoms with Crippen LogP contribution in [0.3, 0.4) is 0 Å². The van der Waals surface area contributed by atoms with Gasteiger partial charge in [0.1, 0.15) is 0 Å². The molecule has 21 heavy (non-hydrogen) atoms. The number of nitrogens with zero attached hydrogens (tertiary/aromatic N) is 2. The molecule has 0 aromatic heterocycles. The SMILES string of the molecule is O=[N+]([O-])c1cc(Cl)ccc1CN(CCO)C1CCCCC1. The van der Waals surface area contributed by atoms with E-state index in [4.69, 9.17) is 11.6 Å². The zero-order chi connectivity index (χ0) is 15.2. The standard InChI is InChI=1S/C15H21ClN2O3/c16-13-7-6-12(15(10-13)18(20)21)11-17(8-9-19)14-4-2-1-3-5-14/h6-7,10,14,19H,1-5,8-9,11H2. The predicted molar refractivity (Wildman–Crippen MR) is 82.5 cm³/mol. The summed E-state index contributed by atoms with van der Waals surface area (Å²) >= 11 is 5.85. The Morgan fingerprint density at radius 3 is 2.67 bits per heavy atom. The maximum absolute atomic E-state index is 11.2. The molecule has 0 amide bonds. The molecule has 5 nitrogen and oxygen atoms in total. The summed E-state index contributed by atoms with van der Waals surface area (Å²) in [7, 11) is 0. The lowest BCUT2D eigenvalue weighted by Gasteiger charge is -2.33. The molecule has 116 valence electrons. The van der Waals surface area contributed by atoms with Crippen LogP contribution >= 0.6 is 11.6 Å². The molecule has 0 heterocycles. The van der Waals surface area contributed by atoms with E-state index in [-0.39, 0.29) is 17.2 Å². The molecule has 1 aliphatic rings. The van der Waals surface area contributed by atoms with Crippen molar-refractivity contribution in [1.82, 2.24) is 4.90 Å². The van der Waals surface area contributed by atoms with Crippen LogP contribution in [0.25, 0.3) is 0 Å². The maximum atomic E-state index is 11.2. The number of aliphatic hydroxyl groups excluding tert-OH is 1. The van der Waals surface area contributed by atoms with E-state index in [9.17, 15) is 15.2 Å². The summed E-state index contributed by atoms with van der Waals surface area (Å²) in [6.45, 7) is 1.10. The number of hydrogen-bond donors (Lipinski definition) is 1. The molecule has 1 aliphatic carbocycles. The molecule has 1 fully saturated rings. The largest absolute Gasteiger partial charge is 0.395 e. The fourth-order valence-electron chi connectivity index (χ4n) is 3.02. The Kier molecular flexibility index (Phi) is 5.96. The normalized spacial score (nSPS) is 16.3. The van der Waals surface area contributed by atoms with Crippen LogP contribution < -0.4 is 0 Å². The van der Waals surface area contributed by atoms with Crippen LogP contribution in [0.4, 0.5) is 5.69 Å². The number of nitro groups is 1. The van der Waals surface area contributed by atoms with Gasteiger partial charge in [0.2, 0.25) is 0 Å². The van der Waals surface area contributed by atoms with E-state index < -0.39 is 0 Å². The summed E-state index contributed by atoms with van der Waals surface area (Å²) < 4.78 is 0. The van der Waals surface area contributed by atoms with Gasteiger partial charge in [0.15, 0.2) is 0 Å². The molecule has 0 aliphatic heterocycles. The smallest absolute Gasteiger partial charge is 0.275 e. The minimum absolute atomic E-state index is 0.0567. The van der Waals surface area contributed by atoms with E-state index in [0.717, 1.165) is 12.8 Å². The number of benzene rings is 1. The maximum Gasteiger partial charge on any atom is 0.275 e. The lowest BCUT2D eigenvalue weighted by atomic mass is 9.93. The highest BCUT2D eigenvalue weighted by molar-refractivity contribution is 6.30. The van der Waals surface area contributed by atoms with Gasteiger partial charge in [-0.3, -0.25) is 15.0 Å². The Balaban J connectivity index is 2.17. The summed E-state index contributed by atoms with van der Waals surface area (Å²) in [5, 5.41) is 20.8. The van der Waals surface area contributed by atoms with Gasteiger partial charge >= 0.3 is 0 Å². The molecule has 1 N–H and O–H groups in total. The average molecular weight is 313 g/mol. The van der Waals surface area contributed by atoms with Gasteiger partial charge in [-0.2, -0.15) is 0 Å². The molecule has 0 spiro atoms. The molecular weight excluding hydrogens is 292 g/mol. The highest BCUT2D eigenvalue weighted by atomic mass is 35.5. The molecule has 0 radical (unpaired) electrons. The first-order chi connectivity index (χ1) is 10.1. The van der Waals surface area contributed by atoms with E-state index in [1.807, 2.05) is 0 Å². The van der Waals surface area contributed by atoms with Crippen LogP contribution in [0.15, 0.2) is 18.2 Å². The van der Waals surface area contributed by atoms with Gasteiger partial charge in [0, 0.05) is 35.8 Å². The second-order valence-corrected chi connectivity index (χ2v) is 5.95. The minimum atomic E-state index is -0.390. The van der Waals surface area contributed by atoms with Gasteiger partial charge in [-0.25, -0.2) is 0 Å². The fraction of sp³-hybridized carbons (Fsp3) is 0.600. The Bertz CT molecular complexity index is 490. The molecule has 0 atom stereocenters. The third-order valence-electron chi connectivity index (χ3n) is 4.10. The van der Waals surface area contributed by atoms with E-state index in [2.05, 4.69) is 4.90 Å². The van der Waals surface area contributed by atoms with Gasteiger partial charge in [-0.1, -0.05) is 30.9 Å². The van der Waals surface area contributed by atoms with Crippen LogP contribution in [0, 0.1) is 10.1 Å². The summed E-state index contributed by atoms with van der Waals surface area (Å²) in [5.41, 5.74) is 0.713. The van der Waals surface area contributed by atoms with Gasteiger partial charge in [-0.15, -0.1) is 0 Å². The summed E-state index contributed by atoms with van der Waals surface area (Å²) in [6.07, 6.45) is 5.83. The van der Waals surface area contributed by atoms with Crippen LogP contribution in [0.2, 0.25) is 5.02 Å². The Morgan fingerprint density at radius 2 is 2.05 bits per heavy atom. The monoisotopic (exact) mass is 312 g/mol. The van der Waals surface area contributed by atoms with Gasteiger partial charge in [-0.05, 0) is 25.0 Å². The molecule has 2 rings (SSSR count). The van der Waals surface area contributed by atoms with Crippen LogP contribution in [0.1, 0.15) is 37.7 Å². The Hall–Kier alpha value is -1.17. The van der Waals surface area contributed by atoms with Crippen molar-refractivity contribution in [3.05, 3.63) is 38.9 Å². The van der Waals surface area contributed by atoms with E-state index in [1.54, 1.807) is 12.1 Å². The molecule has 6 heteroatoms. The van der Waals surface area contributed by atoms with Gasteiger partial charge < -0.3 is 5.11 Å². The molecule has 1 aromatic rings. The van der Waals surface area contributed by atoms with Crippen molar-refractivity contribution in [3.63, 3.8) is 0 Å². The fourth-order valence-corrected chi connectivity index (χ4v) is 3.19. The number of halogens is 1. The summed E-state index contributed by atoms with van der Waals surface area (Å²) in [6, 6.07) is 5.20. The van der Waals surface area contributed by atoms with E-state index in [0.29, 0.717) is 29.7 Å². The molecule has 1 saturated carbocycles. The first-order valence-electron chi connectivity index (χ1n) is 7.39. The molecule has 1 aromatic carbocycles. The Morgan fingerprint density at radius 1 is 1.33 bits per heavy atom. The zero-order valence-electron chi connectivity index (χ0n) is 12.0. The number of aliphatic hydroxyl groups is 1. The first kappa shape index (κ1) is 16.2. The summed E-state index contributed by atoms with van der Waals surface area (Å²) in [5.74, 6) is 0. The van der Waals surface area contributed by atoms with Crippen LogP contribution in [-0.4, -0.2) is 34.1 Å². The van der Waals surface area contributed by atoms with Crippen molar-refractivity contribution in [3.8, 4) is 0 Å². The van der Waals surface area contributed by atoms with Crippen molar-refractivity contribution < 1.29 is 10.0 Å². The highest BCUT2D eigenvalue weighted by Gasteiger charge is 2.24. The Labute approximate surface area is 129 Å². The van der Waals surface area contributed by atoms with Crippen molar-refractivity contribution in [1.29, 1.82) is 0 Å². The van der Waals surface area contributed by atoms with Gasteiger partial charge in [0.05, 0.1) is 11.5 Å². The van der Waals surface area contributed by atoms with Gasteiger partial charge in [0.25, 0.3) is 5.69 Å². The third-order valence-corrected chi connectivity index (χ3v) is 4.33. The first-order valence-corrected chi connectivity index (χ1v) is 7.77. The number of nitro benzene ring substituents is 1. The highest BCUT2D eigenvalue weighted by Crippen LogP contribution is 2.28. The third kappa shape index (κ3) is 4.40. The van der Waals surface area contributed by atoms with Crippen molar-refractivity contribution in [2.75, 3.05) is 13.2 Å². The van der Waals surface area contributed by atoms with Crippen molar-refractivity contribution in [2.45, 2.75) is 44.7 Å². The zero-order valence-corrected chi connectivity index (χ0v) is 12.8. The summed E-state index contributed by atoms with van der Waals surface area (Å²) in [4.78, 5) is 12.9. The lowest BCUT2D eigenvalue weighted by Crippen LogP contribution is -2.38. The van der Waals surface area contributed by atoms with Crippen LogP contribution in [-0.2, 0) is 6.54 Å². The molecule has 0 unspecified atom stereocenters. The molecule has 0 bridgehead atoms. The quantitative estimate of drug-likeness (QED) is 0.646. The van der Waals surface area contributed by atoms with Crippen molar-refractivity contribution in [2.24, 2.45) is 0 Å². The second kappa shape index (κ2) is 7.73. The van der Waals surface area contributed by atoms with Crippen molar-refractivity contribution >= 4 is 17.3 Å². The number of rotatable bonds is 6.